The van der Waals surface area contributed by atoms with Gasteiger partial charge in [-0.25, -0.2) is 13.4 Å². The first-order chi connectivity index (χ1) is 15.4. The van der Waals surface area contributed by atoms with Gasteiger partial charge in [0.1, 0.15) is 0 Å². The minimum Gasteiger partial charge on any atom is -0.333 e. The summed E-state index contributed by atoms with van der Waals surface area (Å²) >= 11 is 0. The summed E-state index contributed by atoms with van der Waals surface area (Å²) in [6.07, 6.45) is 0.397. The molecule has 0 aliphatic heterocycles. The van der Waals surface area contributed by atoms with Gasteiger partial charge in [-0.05, 0) is 30.4 Å². The third kappa shape index (κ3) is 6.25. The van der Waals surface area contributed by atoms with E-state index in [0.717, 1.165) is 25.0 Å². The minimum atomic E-state index is -4.56. The standard InChI is InChI=1S/C23H28F3N3O3S/c1-4-10-28(21(30)11-16(2)3)14-20-13-27-22(29(20)19-8-9-19)33(31,32)15-17-6-5-7-18(12-17)23(24,25)26/h4-7,12-13,16,19H,1,8-11,14-15H2,2-3H3. The van der Waals surface area contributed by atoms with Crippen LogP contribution in [0.5, 0.6) is 0 Å². The van der Waals surface area contributed by atoms with Crippen LogP contribution in [0, 0.1) is 5.92 Å². The summed E-state index contributed by atoms with van der Waals surface area (Å²) < 4.78 is 67.0. The van der Waals surface area contributed by atoms with Gasteiger partial charge in [0.15, 0.2) is 0 Å². The Hall–Kier alpha value is -2.62. The molecule has 0 N–H and O–H groups in total. The van der Waals surface area contributed by atoms with E-state index >= 15 is 0 Å². The molecule has 1 amide bonds. The molecule has 6 nitrogen and oxygen atoms in total. The van der Waals surface area contributed by atoms with Crippen molar-refractivity contribution < 1.29 is 26.4 Å². The molecule has 0 atom stereocenters. The van der Waals surface area contributed by atoms with Crippen molar-refractivity contribution in [2.24, 2.45) is 5.92 Å². The Morgan fingerprint density at radius 1 is 1.33 bits per heavy atom. The van der Waals surface area contributed by atoms with Gasteiger partial charge in [-0.2, -0.15) is 13.2 Å². The predicted molar refractivity (Wildman–Crippen MR) is 118 cm³/mol. The number of alkyl halides is 3. The smallest absolute Gasteiger partial charge is 0.333 e. The summed E-state index contributed by atoms with van der Waals surface area (Å²) in [7, 11) is -4.02. The van der Waals surface area contributed by atoms with E-state index in [0.29, 0.717) is 18.7 Å². The van der Waals surface area contributed by atoms with Crippen LogP contribution in [0.4, 0.5) is 13.2 Å². The maximum atomic E-state index is 13.2. The van der Waals surface area contributed by atoms with E-state index in [2.05, 4.69) is 11.6 Å². The Morgan fingerprint density at radius 2 is 2.03 bits per heavy atom. The van der Waals surface area contributed by atoms with Gasteiger partial charge in [-0.15, -0.1) is 6.58 Å². The van der Waals surface area contributed by atoms with Crippen LogP contribution < -0.4 is 0 Å². The van der Waals surface area contributed by atoms with Crippen molar-refractivity contribution in [3.8, 4) is 0 Å². The first-order valence-corrected chi connectivity index (χ1v) is 12.4. The molecule has 33 heavy (non-hydrogen) atoms. The number of imidazole rings is 1. The molecule has 1 aliphatic rings. The van der Waals surface area contributed by atoms with Crippen molar-refractivity contribution in [3.63, 3.8) is 0 Å². The number of rotatable bonds is 10. The van der Waals surface area contributed by atoms with E-state index < -0.39 is 27.3 Å². The maximum Gasteiger partial charge on any atom is 0.416 e. The van der Waals surface area contributed by atoms with E-state index in [-0.39, 0.29) is 35.1 Å². The summed E-state index contributed by atoms with van der Waals surface area (Å²) in [5, 5.41) is -0.174. The number of benzene rings is 1. The highest BCUT2D eigenvalue weighted by atomic mass is 32.2. The second-order valence-electron chi connectivity index (χ2n) is 8.75. The molecule has 1 aliphatic carbocycles. The first kappa shape index (κ1) is 25.0. The molecule has 0 saturated heterocycles. The molecule has 0 bridgehead atoms. The number of hydrogen-bond donors (Lipinski definition) is 0. The number of carbonyl (C=O) groups excluding carboxylic acids is 1. The van der Waals surface area contributed by atoms with Gasteiger partial charge in [0.2, 0.25) is 20.9 Å². The molecule has 10 heteroatoms. The van der Waals surface area contributed by atoms with Gasteiger partial charge in [0.05, 0.1) is 29.8 Å². The van der Waals surface area contributed by atoms with Crippen molar-refractivity contribution >= 4 is 15.7 Å². The van der Waals surface area contributed by atoms with Crippen LogP contribution in [0.25, 0.3) is 0 Å². The predicted octanol–water partition coefficient (Wildman–Crippen LogP) is 4.77. The molecule has 1 aromatic heterocycles. The molecule has 1 saturated carbocycles. The van der Waals surface area contributed by atoms with Crippen molar-refractivity contribution in [2.75, 3.05) is 6.54 Å². The largest absolute Gasteiger partial charge is 0.416 e. The number of nitrogens with zero attached hydrogens (tertiary/aromatic N) is 3. The molecule has 2 aromatic rings. The lowest BCUT2D eigenvalue weighted by molar-refractivity contribution is -0.137. The van der Waals surface area contributed by atoms with E-state index in [1.165, 1.54) is 18.3 Å². The average molecular weight is 484 g/mol. The topological polar surface area (TPSA) is 72.3 Å². The summed E-state index contributed by atoms with van der Waals surface area (Å²) in [5.41, 5.74) is -0.277. The average Bonchev–Trinajstić information content (AvgIpc) is 3.45. The van der Waals surface area contributed by atoms with E-state index in [1.807, 2.05) is 13.8 Å². The van der Waals surface area contributed by atoms with Crippen LogP contribution in [0.15, 0.2) is 48.3 Å². The Balaban J connectivity index is 1.90. The maximum absolute atomic E-state index is 13.2. The molecule has 0 radical (unpaired) electrons. The number of aromatic nitrogens is 2. The summed E-state index contributed by atoms with van der Waals surface area (Å²) in [5.74, 6) is -0.494. The van der Waals surface area contributed by atoms with Gasteiger partial charge in [0, 0.05) is 19.0 Å². The SMILES string of the molecule is C=CCN(Cc1cnc(S(=O)(=O)Cc2cccc(C(F)(F)F)c2)n1C1CC1)C(=O)CC(C)C. The Bertz CT molecular complexity index is 1120. The molecular formula is C23H28F3N3O3S. The molecule has 1 fully saturated rings. The lowest BCUT2D eigenvalue weighted by Gasteiger charge is -2.23. The van der Waals surface area contributed by atoms with Crippen LogP contribution in [-0.2, 0) is 33.1 Å². The second-order valence-corrected chi connectivity index (χ2v) is 10.6. The van der Waals surface area contributed by atoms with Crippen LogP contribution in [0.2, 0.25) is 0 Å². The van der Waals surface area contributed by atoms with Crippen molar-refractivity contribution in [1.82, 2.24) is 14.5 Å². The van der Waals surface area contributed by atoms with Gasteiger partial charge in [-0.1, -0.05) is 38.1 Å². The molecule has 180 valence electrons. The van der Waals surface area contributed by atoms with Gasteiger partial charge >= 0.3 is 6.18 Å². The molecule has 1 heterocycles. The van der Waals surface area contributed by atoms with Crippen molar-refractivity contribution in [3.05, 3.63) is 59.9 Å². The number of hydrogen-bond acceptors (Lipinski definition) is 4. The van der Waals surface area contributed by atoms with Crippen molar-refractivity contribution in [2.45, 2.75) is 62.8 Å². The summed E-state index contributed by atoms with van der Waals surface area (Å²) in [4.78, 5) is 18.4. The highest BCUT2D eigenvalue weighted by Crippen LogP contribution is 2.39. The zero-order valence-electron chi connectivity index (χ0n) is 18.7. The van der Waals surface area contributed by atoms with Crippen molar-refractivity contribution in [1.29, 1.82) is 0 Å². The number of amides is 1. The molecule has 0 unspecified atom stereocenters. The first-order valence-electron chi connectivity index (χ1n) is 10.8. The third-order valence-electron chi connectivity index (χ3n) is 5.28. The van der Waals surface area contributed by atoms with Crippen LogP contribution >= 0.6 is 0 Å². The number of carbonyl (C=O) groups is 1. The van der Waals surface area contributed by atoms with Gasteiger partial charge in [-0.3, -0.25) is 4.79 Å². The lowest BCUT2D eigenvalue weighted by Crippen LogP contribution is -2.32. The molecule has 3 rings (SSSR count). The van der Waals surface area contributed by atoms with E-state index in [9.17, 15) is 26.4 Å². The minimum absolute atomic E-state index is 0.0390. The normalized spacial score (nSPS) is 14.5. The summed E-state index contributed by atoms with van der Waals surface area (Å²) in [6, 6.07) is 4.25. The fourth-order valence-corrected chi connectivity index (χ4v) is 5.18. The van der Waals surface area contributed by atoms with Crippen LogP contribution in [0.3, 0.4) is 0 Å². The quantitative estimate of drug-likeness (QED) is 0.457. The number of sulfone groups is 1. The van der Waals surface area contributed by atoms with Gasteiger partial charge < -0.3 is 9.47 Å². The van der Waals surface area contributed by atoms with Crippen LogP contribution in [-0.4, -0.2) is 35.3 Å². The lowest BCUT2D eigenvalue weighted by atomic mass is 10.1. The van der Waals surface area contributed by atoms with Gasteiger partial charge in [0.25, 0.3) is 0 Å². The Kier molecular flexibility index (Phi) is 7.36. The molecule has 1 aromatic carbocycles. The Labute approximate surface area is 192 Å². The fourth-order valence-electron chi connectivity index (χ4n) is 3.65. The molecular weight excluding hydrogens is 455 g/mol. The third-order valence-corrected chi connectivity index (χ3v) is 6.85. The zero-order valence-corrected chi connectivity index (χ0v) is 19.5. The monoisotopic (exact) mass is 483 g/mol. The highest BCUT2D eigenvalue weighted by Gasteiger charge is 2.35. The fraction of sp³-hybridized carbons (Fsp3) is 0.478. The van der Waals surface area contributed by atoms with Crippen LogP contribution in [0.1, 0.15) is 56.0 Å². The molecule has 0 spiro atoms. The van der Waals surface area contributed by atoms with E-state index in [1.54, 1.807) is 15.5 Å². The number of halogens is 3. The second kappa shape index (κ2) is 9.70. The Morgan fingerprint density at radius 3 is 2.61 bits per heavy atom. The summed E-state index contributed by atoms with van der Waals surface area (Å²) in [6.45, 7) is 8.07. The highest BCUT2D eigenvalue weighted by molar-refractivity contribution is 7.90. The van der Waals surface area contributed by atoms with E-state index in [4.69, 9.17) is 0 Å². The zero-order chi connectivity index (χ0) is 24.4.